The molecule has 0 N–H and O–H groups in total. The second-order valence-electron chi connectivity index (χ2n) is 7.53. The zero-order valence-electron chi connectivity index (χ0n) is 15.7. The summed E-state index contributed by atoms with van der Waals surface area (Å²) in [5.41, 5.74) is 0.00325. The van der Waals surface area contributed by atoms with Crippen molar-refractivity contribution in [1.82, 2.24) is 9.78 Å². The highest BCUT2D eigenvalue weighted by Gasteiger charge is 2.53. The fourth-order valence-corrected chi connectivity index (χ4v) is 3.00. The minimum atomic E-state index is -0.605. The molecule has 2 saturated heterocycles. The quantitative estimate of drug-likeness (QED) is 0.611. The number of esters is 1. The third-order valence-electron chi connectivity index (χ3n) is 5.17. The summed E-state index contributed by atoms with van der Waals surface area (Å²) in [6, 6.07) is 1.69. The Labute approximate surface area is 149 Å². The average molecular weight is 350 g/mol. The average Bonchev–Trinajstić information content (AvgIpc) is 3.08. The molecule has 3 rings (SSSR count). The lowest BCUT2D eigenvalue weighted by atomic mass is 9.84. The molecule has 2 fully saturated rings. The van der Waals surface area contributed by atoms with Gasteiger partial charge in [0.05, 0.1) is 23.4 Å². The Morgan fingerprint density at radius 3 is 2.56 bits per heavy atom. The molecule has 1 aromatic rings. The first-order chi connectivity index (χ1) is 11.7. The summed E-state index contributed by atoms with van der Waals surface area (Å²) in [7, 11) is -0.605. The summed E-state index contributed by atoms with van der Waals surface area (Å²) in [5, 5.41) is 4.45. The van der Waals surface area contributed by atoms with Crippen molar-refractivity contribution >= 4 is 18.7 Å². The van der Waals surface area contributed by atoms with E-state index in [1.165, 1.54) is 0 Å². The molecule has 25 heavy (non-hydrogen) atoms. The highest BCUT2D eigenvalue weighted by atomic mass is 16.7. The van der Waals surface area contributed by atoms with Gasteiger partial charge in [-0.15, -0.1) is 0 Å². The zero-order valence-corrected chi connectivity index (χ0v) is 15.7. The van der Waals surface area contributed by atoms with Gasteiger partial charge in [0, 0.05) is 6.61 Å². The van der Waals surface area contributed by atoms with E-state index < -0.39 is 24.3 Å². The maximum Gasteiger partial charge on any atom is 0.514 e. The van der Waals surface area contributed by atoms with E-state index in [1.54, 1.807) is 17.7 Å². The van der Waals surface area contributed by atoms with Crippen molar-refractivity contribution in [2.45, 2.75) is 71.3 Å². The third kappa shape index (κ3) is 3.48. The summed E-state index contributed by atoms with van der Waals surface area (Å²) in [5.74, 6) is -0.449. The molecule has 0 spiro atoms. The van der Waals surface area contributed by atoms with Gasteiger partial charge >= 0.3 is 13.1 Å². The first kappa shape index (κ1) is 18.4. The van der Waals surface area contributed by atoms with Gasteiger partial charge in [0.1, 0.15) is 6.23 Å². The van der Waals surface area contributed by atoms with Gasteiger partial charge in [0.15, 0.2) is 5.69 Å². The van der Waals surface area contributed by atoms with Gasteiger partial charge < -0.3 is 18.8 Å². The molecule has 0 radical (unpaired) electrons. The smallest absolute Gasteiger partial charge is 0.461 e. The molecule has 2 aliphatic rings. The molecule has 1 unspecified atom stereocenters. The zero-order chi connectivity index (χ0) is 18.2. The van der Waals surface area contributed by atoms with Crippen LogP contribution in [-0.4, -0.2) is 47.3 Å². The standard InChI is InChI=1S/C17H27BN2O5/c1-6-22-15(21)12-11-13(18-24-16(2,3)17(4,5)25-18)20(19-12)14-9-7-8-10-23-14/h11,14H,6-10H2,1-5H3. The molecule has 0 saturated carbocycles. The molecule has 1 aromatic heterocycles. The maximum atomic E-state index is 12.1. The lowest BCUT2D eigenvalue weighted by Crippen LogP contribution is -2.42. The Kier molecular flexibility index (Phi) is 4.96. The van der Waals surface area contributed by atoms with Crippen molar-refractivity contribution in [3.8, 4) is 0 Å². The Morgan fingerprint density at radius 1 is 1.32 bits per heavy atom. The van der Waals surface area contributed by atoms with Gasteiger partial charge in [-0.3, -0.25) is 0 Å². The van der Waals surface area contributed by atoms with Crippen molar-refractivity contribution in [3.05, 3.63) is 11.8 Å². The highest BCUT2D eigenvalue weighted by Crippen LogP contribution is 2.37. The van der Waals surface area contributed by atoms with E-state index in [-0.39, 0.29) is 11.9 Å². The van der Waals surface area contributed by atoms with E-state index in [2.05, 4.69) is 5.10 Å². The van der Waals surface area contributed by atoms with Gasteiger partial charge in [0.2, 0.25) is 0 Å². The molecule has 0 amide bonds. The lowest BCUT2D eigenvalue weighted by Gasteiger charge is -2.32. The summed E-state index contributed by atoms with van der Waals surface area (Å²) in [6.45, 7) is 10.7. The fourth-order valence-electron chi connectivity index (χ4n) is 3.00. The molecule has 138 valence electrons. The van der Waals surface area contributed by atoms with Crippen LogP contribution in [0.3, 0.4) is 0 Å². The minimum absolute atomic E-state index is 0.217. The second kappa shape index (κ2) is 6.74. The van der Waals surface area contributed by atoms with Crippen molar-refractivity contribution in [2.24, 2.45) is 0 Å². The molecule has 7 nitrogen and oxygen atoms in total. The van der Waals surface area contributed by atoms with E-state index >= 15 is 0 Å². The Bertz CT molecular complexity index is 621. The van der Waals surface area contributed by atoms with Crippen LogP contribution >= 0.6 is 0 Å². The number of aromatic nitrogens is 2. The molecular formula is C17H27BN2O5. The molecule has 0 aliphatic carbocycles. The molecular weight excluding hydrogens is 323 g/mol. The first-order valence-electron chi connectivity index (χ1n) is 8.99. The van der Waals surface area contributed by atoms with Crippen LogP contribution < -0.4 is 5.59 Å². The SMILES string of the molecule is CCOC(=O)c1cc(B2OC(C)(C)C(C)(C)O2)n(C2CCCCO2)n1. The van der Waals surface area contributed by atoms with E-state index in [1.807, 2.05) is 27.7 Å². The lowest BCUT2D eigenvalue weighted by molar-refractivity contribution is -0.0382. The van der Waals surface area contributed by atoms with Gasteiger partial charge in [-0.05, 0) is 59.9 Å². The number of ether oxygens (including phenoxy) is 2. The Morgan fingerprint density at radius 2 is 2.00 bits per heavy atom. The molecule has 3 heterocycles. The van der Waals surface area contributed by atoms with Crippen LogP contribution in [0.15, 0.2) is 6.07 Å². The topological polar surface area (TPSA) is 71.8 Å². The number of hydrogen-bond acceptors (Lipinski definition) is 6. The van der Waals surface area contributed by atoms with E-state index in [0.29, 0.717) is 18.8 Å². The van der Waals surface area contributed by atoms with Gasteiger partial charge in [-0.2, -0.15) is 5.10 Å². The number of hydrogen-bond donors (Lipinski definition) is 0. The molecule has 0 aromatic carbocycles. The first-order valence-corrected chi connectivity index (χ1v) is 8.99. The van der Waals surface area contributed by atoms with Gasteiger partial charge in [-0.25, -0.2) is 9.48 Å². The van der Waals surface area contributed by atoms with E-state index in [4.69, 9.17) is 18.8 Å². The van der Waals surface area contributed by atoms with Crippen LogP contribution in [0.25, 0.3) is 0 Å². The third-order valence-corrected chi connectivity index (χ3v) is 5.17. The number of rotatable bonds is 4. The predicted molar refractivity (Wildman–Crippen MR) is 92.7 cm³/mol. The maximum absolute atomic E-state index is 12.1. The summed E-state index contributed by atoms with van der Waals surface area (Å²) >= 11 is 0. The van der Waals surface area contributed by atoms with Crippen LogP contribution in [0.1, 0.15) is 70.6 Å². The van der Waals surface area contributed by atoms with Crippen molar-refractivity contribution in [3.63, 3.8) is 0 Å². The van der Waals surface area contributed by atoms with Crippen molar-refractivity contribution in [2.75, 3.05) is 13.2 Å². The Hall–Kier alpha value is -1.38. The van der Waals surface area contributed by atoms with E-state index in [9.17, 15) is 4.79 Å². The Balaban J connectivity index is 1.95. The fraction of sp³-hybridized carbons (Fsp3) is 0.765. The number of nitrogens with zero attached hydrogens (tertiary/aromatic N) is 2. The van der Waals surface area contributed by atoms with Crippen molar-refractivity contribution < 1.29 is 23.6 Å². The largest absolute Gasteiger partial charge is 0.514 e. The van der Waals surface area contributed by atoms with Gasteiger partial charge in [-0.1, -0.05) is 0 Å². The summed E-state index contributed by atoms with van der Waals surface area (Å²) < 4.78 is 25.0. The monoisotopic (exact) mass is 350 g/mol. The molecule has 2 aliphatic heterocycles. The summed E-state index contributed by atoms with van der Waals surface area (Å²) in [4.78, 5) is 12.1. The van der Waals surface area contributed by atoms with Crippen LogP contribution in [-0.2, 0) is 18.8 Å². The predicted octanol–water partition coefficient (Wildman–Crippen LogP) is 2.06. The van der Waals surface area contributed by atoms with E-state index in [0.717, 1.165) is 19.3 Å². The molecule has 0 bridgehead atoms. The van der Waals surface area contributed by atoms with Crippen LogP contribution in [0, 0.1) is 0 Å². The van der Waals surface area contributed by atoms with Crippen LogP contribution in [0.5, 0.6) is 0 Å². The van der Waals surface area contributed by atoms with Crippen LogP contribution in [0.4, 0.5) is 0 Å². The van der Waals surface area contributed by atoms with Crippen LogP contribution in [0.2, 0.25) is 0 Å². The number of carbonyl (C=O) groups is 1. The van der Waals surface area contributed by atoms with Crippen molar-refractivity contribution in [1.29, 1.82) is 0 Å². The molecule has 8 heteroatoms. The normalized spacial score (nSPS) is 25.2. The number of carbonyl (C=O) groups excluding carboxylic acids is 1. The second-order valence-corrected chi connectivity index (χ2v) is 7.53. The van der Waals surface area contributed by atoms with Gasteiger partial charge in [0.25, 0.3) is 0 Å². The highest BCUT2D eigenvalue weighted by molar-refractivity contribution is 6.61. The molecule has 1 atom stereocenters. The minimum Gasteiger partial charge on any atom is -0.461 e. The summed E-state index contributed by atoms with van der Waals surface area (Å²) in [6.07, 6.45) is 2.72.